The number of carbonyl (C=O) groups is 3. The number of amides is 4. The van der Waals surface area contributed by atoms with Crippen LogP contribution in [0.3, 0.4) is 0 Å². The number of rotatable bonds is 8. The van der Waals surface area contributed by atoms with Gasteiger partial charge in [-0.15, -0.1) is 10.2 Å². The van der Waals surface area contributed by atoms with E-state index in [0.717, 1.165) is 85.3 Å². The number of hydrogen-bond donors (Lipinski definition) is 3. The van der Waals surface area contributed by atoms with Gasteiger partial charge in [-0.1, -0.05) is 24.3 Å². The van der Waals surface area contributed by atoms with Crippen molar-refractivity contribution in [2.75, 3.05) is 67.9 Å². The molecular formula is C47H54FN9O4. The molecule has 4 aliphatic heterocycles. The van der Waals surface area contributed by atoms with Crippen molar-refractivity contribution in [2.24, 2.45) is 0 Å². The molecule has 5 aromatic rings. The summed E-state index contributed by atoms with van der Waals surface area (Å²) < 4.78 is 18.7. The van der Waals surface area contributed by atoms with E-state index in [2.05, 4.69) is 61.2 Å². The SMILES string of the molecule is Cc1cc(C(=O)N2CCC(F)(CN3CCC(n4ccc5c(N6CCC(=O)NC6=O)c(C)ccc54)CC3)CC2)ccc1[C@H]1CCCN(c2cc(-c3ccccc3O)nnc2N)C1. The predicted octanol–water partition coefficient (Wildman–Crippen LogP) is 7.11. The third kappa shape index (κ3) is 8.01. The molecule has 318 valence electrons. The van der Waals surface area contributed by atoms with Crippen molar-refractivity contribution in [2.45, 2.75) is 76.4 Å². The maximum absolute atomic E-state index is 16.4. The number of nitrogens with zero attached hydrogens (tertiary/aromatic N) is 7. The number of alkyl halides is 1. The van der Waals surface area contributed by atoms with Crippen LogP contribution in [0.4, 0.5) is 26.4 Å². The van der Waals surface area contributed by atoms with Gasteiger partial charge in [0, 0.05) is 106 Å². The third-order valence-corrected chi connectivity index (χ3v) is 13.5. The van der Waals surface area contributed by atoms with Gasteiger partial charge in [-0.25, -0.2) is 9.18 Å². The Bertz CT molecular complexity index is 2490. The number of aromatic nitrogens is 3. The smallest absolute Gasteiger partial charge is 0.328 e. The number of hydrogen-bond acceptors (Lipinski definition) is 9. The largest absolute Gasteiger partial charge is 0.507 e. The Balaban J connectivity index is 0.788. The number of nitrogens with two attached hydrogens (primary N) is 1. The van der Waals surface area contributed by atoms with Crippen molar-refractivity contribution >= 4 is 45.9 Å². The number of phenols is 1. The predicted molar refractivity (Wildman–Crippen MR) is 235 cm³/mol. The van der Waals surface area contributed by atoms with Crippen LogP contribution in [0.5, 0.6) is 5.75 Å². The number of aromatic hydroxyl groups is 1. The fraction of sp³-hybridized carbons (Fsp3) is 0.426. The molecule has 4 N–H and O–H groups in total. The highest BCUT2D eigenvalue weighted by Crippen LogP contribution is 2.39. The summed E-state index contributed by atoms with van der Waals surface area (Å²) in [6, 6.07) is 21.0. The number of urea groups is 1. The van der Waals surface area contributed by atoms with E-state index in [1.165, 1.54) is 5.56 Å². The second-order valence-corrected chi connectivity index (χ2v) is 17.5. The molecule has 1 atom stereocenters. The molecule has 13 nitrogen and oxygen atoms in total. The van der Waals surface area contributed by atoms with Gasteiger partial charge < -0.3 is 30.1 Å². The quantitative estimate of drug-likeness (QED) is 0.149. The Labute approximate surface area is 355 Å². The zero-order valence-electron chi connectivity index (χ0n) is 34.9. The van der Waals surface area contributed by atoms with Crippen molar-refractivity contribution in [3.05, 3.63) is 95.2 Å². The zero-order chi connectivity index (χ0) is 42.4. The van der Waals surface area contributed by atoms with Gasteiger partial charge in [0.25, 0.3) is 5.91 Å². The van der Waals surface area contributed by atoms with E-state index in [1.807, 2.05) is 43.3 Å². The number of piperidine rings is 3. The minimum Gasteiger partial charge on any atom is -0.507 e. The molecule has 0 bridgehead atoms. The molecule has 4 aliphatic rings. The summed E-state index contributed by atoms with van der Waals surface area (Å²) in [6.07, 6.45) is 6.73. The highest BCUT2D eigenvalue weighted by Gasteiger charge is 2.39. The van der Waals surface area contributed by atoms with E-state index in [-0.39, 0.29) is 42.0 Å². The van der Waals surface area contributed by atoms with Gasteiger partial charge in [0.1, 0.15) is 11.4 Å². The molecule has 61 heavy (non-hydrogen) atoms. The lowest BCUT2D eigenvalue weighted by Gasteiger charge is -2.41. The van der Waals surface area contributed by atoms with E-state index in [4.69, 9.17) is 5.73 Å². The standard InChI is InChI=1S/C47H54FN9O4/c1-30-9-12-39-37(43(30)57-23-16-42(59)50-46(57)61)15-22-56(39)34-13-20-53(21-14-34)29-47(48)17-24-54(25-18-47)45(60)32-10-11-35(31(2)26-32)33-6-5-19-55(28-33)40-27-38(51-52-44(40)49)36-7-3-4-8-41(36)58/h3-4,7-12,15,22,26-27,33-34,58H,5-6,13-14,16-21,23-25,28-29H2,1-2H3,(H2,49,52)(H,50,59,61)/t33-/m0/s1. The normalized spacial score (nSPS) is 20.3. The first kappa shape index (κ1) is 40.4. The summed E-state index contributed by atoms with van der Waals surface area (Å²) in [6.45, 7) is 8.66. The van der Waals surface area contributed by atoms with E-state index >= 15 is 4.39 Å². The molecule has 4 fully saturated rings. The number of halogens is 1. The second-order valence-electron chi connectivity index (χ2n) is 17.5. The third-order valence-electron chi connectivity index (χ3n) is 13.5. The van der Waals surface area contributed by atoms with Gasteiger partial charge >= 0.3 is 6.03 Å². The first-order valence-electron chi connectivity index (χ1n) is 21.6. The van der Waals surface area contributed by atoms with Crippen molar-refractivity contribution < 1.29 is 23.9 Å². The van der Waals surface area contributed by atoms with Crippen LogP contribution in [0.1, 0.15) is 84.0 Å². The monoisotopic (exact) mass is 827 g/mol. The number of anilines is 3. The number of benzene rings is 3. The van der Waals surface area contributed by atoms with Crippen LogP contribution in [0.25, 0.3) is 22.2 Å². The van der Waals surface area contributed by atoms with Crippen LogP contribution in [0, 0.1) is 13.8 Å². The molecule has 0 unspecified atom stereocenters. The fourth-order valence-corrected chi connectivity index (χ4v) is 10.2. The lowest BCUT2D eigenvalue weighted by molar-refractivity contribution is -0.120. The first-order valence-corrected chi connectivity index (χ1v) is 21.6. The summed E-state index contributed by atoms with van der Waals surface area (Å²) >= 11 is 0. The van der Waals surface area contributed by atoms with Gasteiger partial charge in [-0.05, 0) is 98.7 Å². The average molecular weight is 828 g/mol. The van der Waals surface area contributed by atoms with Crippen molar-refractivity contribution in [1.29, 1.82) is 0 Å². The number of para-hydroxylation sites is 1. The molecule has 4 saturated heterocycles. The summed E-state index contributed by atoms with van der Waals surface area (Å²) in [5, 5.41) is 22.3. The molecule has 6 heterocycles. The Morgan fingerprint density at radius 3 is 2.46 bits per heavy atom. The number of imide groups is 1. The summed E-state index contributed by atoms with van der Waals surface area (Å²) in [5.74, 6) is 0.412. The van der Waals surface area contributed by atoms with E-state index < -0.39 is 5.67 Å². The molecule has 3 aromatic carbocycles. The molecule has 0 radical (unpaired) electrons. The average Bonchev–Trinajstić information content (AvgIpc) is 3.69. The zero-order valence-corrected chi connectivity index (χ0v) is 34.9. The molecule has 0 spiro atoms. The Morgan fingerprint density at radius 1 is 0.918 bits per heavy atom. The molecule has 0 aliphatic carbocycles. The van der Waals surface area contributed by atoms with Crippen LogP contribution < -0.4 is 20.9 Å². The lowest BCUT2D eigenvalue weighted by atomic mass is 9.86. The molecular weight excluding hydrogens is 774 g/mol. The Morgan fingerprint density at radius 2 is 1.70 bits per heavy atom. The minimum atomic E-state index is -1.35. The number of carbonyl (C=O) groups excluding carboxylic acids is 3. The van der Waals surface area contributed by atoms with Gasteiger partial charge in [0.15, 0.2) is 5.82 Å². The van der Waals surface area contributed by atoms with E-state index in [1.54, 1.807) is 21.9 Å². The van der Waals surface area contributed by atoms with Gasteiger partial charge in [0.05, 0.1) is 22.6 Å². The second kappa shape index (κ2) is 16.4. The Hall–Kier alpha value is -6.02. The van der Waals surface area contributed by atoms with Gasteiger partial charge in [-0.2, -0.15) is 0 Å². The number of aryl methyl sites for hydroxylation is 2. The fourth-order valence-electron chi connectivity index (χ4n) is 10.2. The van der Waals surface area contributed by atoms with Gasteiger partial charge in [-0.3, -0.25) is 19.8 Å². The molecule has 4 amide bonds. The van der Waals surface area contributed by atoms with E-state index in [9.17, 15) is 19.5 Å². The summed E-state index contributed by atoms with van der Waals surface area (Å²) in [5.41, 5.74) is 12.7. The molecule has 9 rings (SSSR count). The molecule has 0 saturated carbocycles. The van der Waals surface area contributed by atoms with Crippen molar-refractivity contribution in [1.82, 2.24) is 29.9 Å². The highest BCUT2D eigenvalue weighted by molar-refractivity contribution is 6.10. The van der Waals surface area contributed by atoms with Crippen molar-refractivity contribution in [3.8, 4) is 17.0 Å². The number of fused-ring (bicyclic) bond motifs is 1. The van der Waals surface area contributed by atoms with Crippen LogP contribution in [-0.4, -0.2) is 106 Å². The first-order chi connectivity index (χ1) is 29.4. The summed E-state index contributed by atoms with van der Waals surface area (Å²) in [7, 11) is 0. The van der Waals surface area contributed by atoms with E-state index in [0.29, 0.717) is 61.7 Å². The number of nitrogens with one attached hydrogen (secondary N) is 1. The lowest BCUT2D eigenvalue weighted by Crippen LogP contribution is -2.51. The topological polar surface area (TPSA) is 153 Å². The van der Waals surface area contributed by atoms with Crippen LogP contribution in [0.2, 0.25) is 0 Å². The maximum atomic E-state index is 16.4. The Kier molecular flexibility index (Phi) is 10.9. The molecule has 14 heteroatoms. The number of likely N-dealkylation sites (tertiary alicyclic amines) is 2. The maximum Gasteiger partial charge on any atom is 0.328 e. The van der Waals surface area contributed by atoms with Crippen LogP contribution in [-0.2, 0) is 4.79 Å². The summed E-state index contributed by atoms with van der Waals surface area (Å²) in [4.78, 5) is 46.3. The van der Waals surface area contributed by atoms with Gasteiger partial charge in [0.2, 0.25) is 5.91 Å². The van der Waals surface area contributed by atoms with Crippen LogP contribution >= 0.6 is 0 Å². The number of nitrogen functional groups attached to an aromatic ring is 1. The minimum absolute atomic E-state index is 0.0539. The van der Waals surface area contributed by atoms with Crippen molar-refractivity contribution in [3.63, 3.8) is 0 Å². The molecule has 2 aromatic heterocycles. The highest BCUT2D eigenvalue weighted by atomic mass is 19.1. The number of phenolic OH excluding ortho intramolecular Hbond substituents is 1. The van der Waals surface area contributed by atoms with Crippen LogP contribution in [0.15, 0.2) is 72.9 Å².